The Balaban J connectivity index is 0.000000146. The molecule has 2 aliphatic carbocycles. The molecule has 3 heteroatoms. The number of rotatable bonds is 3. The van der Waals surface area contributed by atoms with Gasteiger partial charge in [0.05, 0.1) is 0 Å². The van der Waals surface area contributed by atoms with Crippen molar-refractivity contribution in [3.05, 3.63) is 92.1 Å². The number of halogens is 1. The molecule has 1 unspecified atom stereocenters. The molecule has 2 aromatic carbocycles. The molecule has 178 valence electrons. The lowest BCUT2D eigenvalue weighted by Crippen LogP contribution is -2.31. The van der Waals surface area contributed by atoms with Crippen LogP contribution in [0.4, 0.5) is 4.39 Å². The van der Waals surface area contributed by atoms with Gasteiger partial charge in [-0.3, -0.25) is 0 Å². The van der Waals surface area contributed by atoms with Crippen LogP contribution in [-0.2, 0) is 12.8 Å². The van der Waals surface area contributed by atoms with E-state index in [9.17, 15) is 4.39 Å². The summed E-state index contributed by atoms with van der Waals surface area (Å²) in [4.78, 5) is 2.59. The molecule has 0 aromatic heterocycles. The Kier molecular flexibility index (Phi) is 7.30. The lowest BCUT2D eigenvalue weighted by molar-refractivity contribution is 0.231. The van der Waals surface area contributed by atoms with Gasteiger partial charge in [0, 0.05) is 18.8 Å². The fourth-order valence-electron chi connectivity index (χ4n) is 5.62. The number of nitrogens with zero attached hydrogens (tertiary/aromatic N) is 1. The summed E-state index contributed by atoms with van der Waals surface area (Å²) in [6, 6.07) is 10.1. The first-order valence-corrected chi connectivity index (χ1v) is 13.1. The molecule has 1 N–H and O–H groups in total. The van der Waals surface area contributed by atoms with Gasteiger partial charge in [-0.15, -0.1) is 0 Å². The van der Waals surface area contributed by atoms with Gasteiger partial charge in [0.15, 0.2) is 0 Å². The summed E-state index contributed by atoms with van der Waals surface area (Å²) in [5, 5.41) is 8.27. The lowest BCUT2D eigenvalue weighted by Gasteiger charge is -2.26. The number of benzene rings is 2. The van der Waals surface area contributed by atoms with Gasteiger partial charge >= 0.3 is 0 Å². The highest BCUT2D eigenvalue weighted by Gasteiger charge is 2.12. The third-order valence-corrected chi connectivity index (χ3v) is 7.59. The molecule has 2 aromatic rings. The van der Waals surface area contributed by atoms with Gasteiger partial charge in [0.2, 0.25) is 0 Å². The number of allylic oxidation sites excluding steroid dienone is 1. The van der Waals surface area contributed by atoms with E-state index >= 15 is 0 Å². The van der Waals surface area contributed by atoms with Crippen LogP contribution in [0.3, 0.4) is 0 Å². The second-order valence-electron chi connectivity index (χ2n) is 10.1. The number of hydrogen-bond acceptors (Lipinski definition) is 2. The van der Waals surface area contributed by atoms with Crippen LogP contribution in [-0.4, -0.2) is 30.6 Å². The van der Waals surface area contributed by atoms with Crippen molar-refractivity contribution >= 4 is 12.2 Å². The monoisotopic (exact) mass is 456 g/mol. The van der Waals surface area contributed by atoms with Gasteiger partial charge in [-0.2, -0.15) is 0 Å². The zero-order valence-electron chi connectivity index (χ0n) is 20.5. The van der Waals surface area contributed by atoms with Gasteiger partial charge in [-0.25, -0.2) is 4.39 Å². The zero-order valence-corrected chi connectivity index (χ0v) is 20.5. The first-order valence-electron chi connectivity index (χ1n) is 13.1. The van der Waals surface area contributed by atoms with Gasteiger partial charge in [0.25, 0.3) is 0 Å². The minimum Gasteiger partial charge on any atom is -0.385 e. The molecule has 1 atom stereocenters. The SMILES string of the molecule is CC1C=CC(CCN2CCCCC2)=CN1.Fc1ccc2c(c1)=CCc1c3c(ccc1=2)=CCCC3. The normalized spacial score (nSPS) is 20.8. The Morgan fingerprint density at radius 2 is 1.79 bits per heavy atom. The highest BCUT2D eigenvalue weighted by atomic mass is 19.1. The number of piperidine rings is 1. The van der Waals surface area contributed by atoms with E-state index in [1.807, 2.05) is 6.07 Å². The number of fused-ring (bicyclic) bond motifs is 4. The van der Waals surface area contributed by atoms with E-state index in [2.05, 4.69) is 59.8 Å². The molecule has 1 saturated heterocycles. The highest BCUT2D eigenvalue weighted by Crippen LogP contribution is 2.18. The summed E-state index contributed by atoms with van der Waals surface area (Å²) < 4.78 is 13.3. The summed E-state index contributed by atoms with van der Waals surface area (Å²) >= 11 is 0. The molecule has 34 heavy (non-hydrogen) atoms. The van der Waals surface area contributed by atoms with Crippen LogP contribution in [0, 0.1) is 16.3 Å². The topological polar surface area (TPSA) is 15.3 Å². The molecular formula is C31H37FN2. The van der Waals surface area contributed by atoms with E-state index in [-0.39, 0.29) is 5.82 Å². The lowest BCUT2D eigenvalue weighted by atomic mass is 9.89. The van der Waals surface area contributed by atoms with Crippen LogP contribution in [0.2, 0.25) is 0 Å². The Morgan fingerprint density at radius 1 is 0.941 bits per heavy atom. The molecule has 0 bridgehead atoms. The molecule has 0 saturated carbocycles. The Morgan fingerprint density at radius 3 is 2.62 bits per heavy atom. The van der Waals surface area contributed by atoms with Crippen molar-refractivity contribution in [2.24, 2.45) is 0 Å². The van der Waals surface area contributed by atoms with E-state index in [0.717, 1.165) is 11.6 Å². The summed E-state index contributed by atoms with van der Waals surface area (Å²) in [7, 11) is 0. The largest absolute Gasteiger partial charge is 0.385 e. The second kappa shape index (κ2) is 10.7. The zero-order chi connectivity index (χ0) is 23.3. The molecule has 0 radical (unpaired) electrons. The fourth-order valence-corrected chi connectivity index (χ4v) is 5.62. The van der Waals surface area contributed by atoms with E-state index in [1.54, 1.807) is 12.1 Å². The van der Waals surface area contributed by atoms with Crippen LogP contribution in [0.15, 0.2) is 54.3 Å². The fraction of sp³-hybridized carbons (Fsp3) is 0.419. The summed E-state index contributed by atoms with van der Waals surface area (Å²) in [5.74, 6) is -0.148. The van der Waals surface area contributed by atoms with E-state index < -0.39 is 0 Å². The molecule has 0 spiro atoms. The molecule has 2 heterocycles. The van der Waals surface area contributed by atoms with Crippen LogP contribution in [0.25, 0.3) is 12.2 Å². The van der Waals surface area contributed by atoms with Crippen LogP contribution >= 0.6 is 0 Å². The van der Waals surface area contributed by atoms with Crippen molar-refractivity contribution < 1.29 is 4.39 Å². The molecule has 0 amide bonds. The first-order chi connectivity index (χ1) is 16.7. The minimum atomic E-state index is -0.148. The van der Waals surface area contributed by atoms with Gasteiger partial charge in [-0.05, 0) is 115 Å². The average Bonchev–Trinajstić information content (AvgIpc) is 2.89. The Hall–Kier alpha value is -2.65. The average molecular weight is 457 g/mol. The minimum absolute atomic E-state index is 0.148. The van der Waals surface area contributed by atoms with Crippen molar-refractivity contribution in [3.63, 3.8) is 0 Å². The molecule has 4 aliphatic rings. The van der Waals surface area contributed by atoms with Crippen LogP contribution in [0.1, 0.15) is 56.6 Å². The van der Waals surface area contributed by atoms with Gasteiger partial charge < -0.3 is 10.2 Å². The Bertz CT molecular complexity index is 1300. The summed E-state index contributed by atoms with van der Waals surface area (Å²) in [6.07, 6.45) is 21.2. The quantitative estimate of drug-likeness (QED) is 0.710. The number of likely N-dealkylation sites (tertiary alicyclic amines) is 1. The van der Waals surface area contributed by atoms with E-state index in [4.69, 9.17) is 0 Å². The van der Waals surface area contributed by atoms with Crippen molar-refractivity contribution in [2.45, 2.75) is 64.3 Å². The van der Waals surface area contributed by atoms with Crippen molar-refractivity contribution in [1.29, 1.82) is 0 Å². The van der Waals surface area contributed by atoms with E-state index in [1.165, 1.54) is 96.9 Å². The number of hydrogen-bond donors (Lipinski definition) is 1. The Labute approximate surface area is 202 Å². The third kappa shape index (κ3) is 5.36. The van der Waals surface area contributed by atoms with Crippen LogP contribution in [0.5, 0.6) is 0 Å². The smallest absolute Gasteiger partial charge is 0.123 e. The van der Waals surface area contributed by atoms with Gasteiger partial charge in [-0.1, -0.05) is 48.9 Å². The predicted octanol–water partition coefficient (Wildman–Crippen LogP) is 4.86. The number of dihydropyridines is 1. The van der Waals surface area contributed by atoms with Crippen LogP contribution < -0.4 is 15.8 Å². The third-order valence-electron chi connectivity index (χ3n) is 7.59. The highest BCUT2D eigenvalue weighted by molar-refractivity contribution is 5.47. The number of nitrogens with one attached hydrogen (secondary N) is 1. The molecular weight excluding hydrogens is 419 g/mol. The predicted molar refractivity (Wildman–Crippen MR) is 140 cm³/mol. The van der Waals surface area contributed by atoms with Crippen molar-refractivity contribution in [1.82, 2.24) is 10.2 Å². The van der Waals surface area contributed by atoms with E-state index in [0.29, 0.717) is 6.04 Å². The van der Waals surface area contributed by atoms with Crippen molar-refractivity contribution in [2.75, 3.05) is 19.6 Å². The van der Waals surface area contributed by atoms with Gasteiger partial charge in [0.1, 0.15) is 5.82 Å². The maximum Gasteiger partial charge on any atom is 0.123 e. The summed E-state index contributed by atoms with van der Waals surface area (Å²) in [6.45, 7) is 6.02. The molecule has 6 rings (SSSR count). The molecule has 1 fully saturated rings. The maximum absolute atomic E-state index is 13.3. The molecule has 2 nitrogen and oxygen atoms in total. The second-order valence-corrected chi connectivity index (χ2v) is 10.1. The maximum atomic E-state index is 13.3. The van der Waals surface area contributed by atoms with Crippen molar-refractivity contribution in [3.8, 4) is 0 Å². The molecule has 2 aliphatic heterocycles. The standard InChI is InChI=1S/C18H15F.C13H22N2/c19-14-7-10-16-13(11-14)6-9-17-15-4-2-1-3-12(15)5-8-18(16)17;1-12-5-6-13(11-14-12)7-10-15-8-3-2-4-9-15/h3,5-8,10-11H,1-2,4,9H2;5-6,11-12,14H,2-4,7-10H2,1H3. The summed E-state index contributed by atoms with van der Waals surface area (Å²) in [5.41, 5.74) is 4.40. The first kappa shape index (κ1) is 23.1.